The first-order valence-electron chi connectivity index (χ1n) is 5.19. The summed E-state index contributed by atoms with van der Waals surface area (Å²) in [5.41, 5.74) is 0.430. The number of nitrogens with one attached hydrogen (secondary N) is 1. The minimum atomic E-state index is -0.265. The number of likely N-dealkylation sites (N-methyl/N-ethyl adjacent to an activating group) is 2. The van der Waals surface area contributed by atoms with E-state index in [1.54, 1.807) is 11.9 Å². The number of carbonyl (C=O) groups excluding carboxylic acids is 1. The molecule has 0 aliphatic rings. The number of aliphatic hydroxyl groups excluding tert-OH is 1. The lowest BCUT2D eigenvalue weighted by atomic mass is 10.3. The van der Waals surface area contributed by atoms with Gasteiger partial charge in [0.1, 0.15) is 17.3 Å². The number of hydrogen-bond acceptors (Lipinski definition) is 5. The van der Waals surface area contributed by atoms with Gasteiger partial charge in [-0.1, -0.05) is 11.6 Å². The maximum Gasteiger partial charge on any atom is 0.239 e. The third-order valence-electron chi connectivity index (χ3n) is 2.32. The molecule has 0 aliphatic heterocycles. The van der Waals surface area contributed by atoms with Crippen LogP contribution in [0.2, 0.25) is 5.15 Å². The standard InChI is InChI=1S/C10H15ClN4O2/c1-3-15(4-8(17)12-2)10-7(5-16)9(11)13-6-14-10/h6,16H,3-5H2,1-2H3,(H,12,17). The molecule has 6 nitrogen and oxygen atoms in total. The van der Waals surface area contributed by atoms with Crippen LogP contribution in [-0.2, 0) is 11.4 Å². The van der Waals surface area contributed by atoms with E-state index in [0.717, 1.165) is 0 Å². The maximum atomic E-state index is 11.3. The van der Waals surface area contributed by atoms with Crippen LogP contribution in [0.3, 0.4) is 0 Å². The van der Waals surface area contributed by atoms with Crippen LogP contribution in [0.4, 0.5) is 5.82 Å². The van der Waals surface area contributed by atoms with Gasteiger partial charge in [-0.3, -0.25) is 4.79 Å². The molecular formula is C10H15ClN4O2. The van der Waals surface area contributed by atoms with Gasteiger partial charge in [0.2, 0.25) is 5.91 Å². The number of rotatable bonds is 5. The predicted octanol–water partition coefficient (Wildman–Crippen LogP) is 0.195. The molecule has 1 aromatic heterocycles. The third kappa shape index (κ3) is 3.28. The first-order chi connectivity index (χ1) is 8.13. The second-order valence-electron chi connectivity index (χ2n) is 3.31. The largest absolute Gasteiger partial charge is 0.391 e. The van der Waals surface area contributed by atoms with Crippen LogP contribution in [0.1, 0.15) is 12.5 Å². The molecule has 1 rings (SSSR count). The highest BCUT2D eigenvalue weighted by atomic mass is 35.5. The lowest BCUT2D eigenvalue weighted by molar-refractivity contribution is -0.119. The summed E-state index contributed by atoms with van der Waals surface area (Å²) in [6.07, 6.45) is 1.31. The van der Waals surface area contributed by atoms with Crippen molar-refractivity contribution < 1.29 is 9.90 Å². The van der Waals surface area contributed by atoms with E-state index >= 15 is 0 Å². The molecule has 1 aromatic rings. The zero-order chi connectivity index (χ0) is 12.8. The smallest absolute Gasteiger partial charge is 0.239 e. The number of nitrogens with zero attached hydrogens (tertiary/aromatic N) is 3. The van der Waals surface area contributed by atoms with Gasteiger partial charge in [0.25, 0.3) is 0 Å². The van der Waals surface area contributed by atoms with E-state index in [2.05, 4.69) is 15.3 Å². The fourth-order valence-electron chi connectivity index (χ4n) is 1.38. The van der Waals surface area contributed by atoms with Crippen molar-refractivity contribution in [3.05, 3.63) is 17.0 Å². The summed E-state index contributed by atoms with van der Waals surface area (Å²) in [6.45, 7) is 2.36. The molecule has 94 valence electrons. The minimum absolute atomic E-state index is 0.134. The van der Waals surface area contributed by atoms with E-state index in [1.807, 2.05) is 6.92 Å². The van der Waals surface area contributed by atoms with Crippen LogP contribution in [-0.4, -0.2) is 41.1 Å². The molecule has 17 heavy (non-hydrogen) atoms. The maximum absolute atomic E-state index is 11.3. The van der Waals surface area contributed by atoms with Crippen LogP contribution >= 0.6 is 11.6 Å². The van der Waals surface area contributed by atoms with Crippen molar-refractivity contribution in [1.29, 1.82) is 0 Å². The molecule has 0 saturated carbocycles. The first kappa shape index (κ1) is 13.7. The van der Waals surface area contributed by atoms with Crippen molar-refractivity contribution in [2.45, 2.75) is 13.5 Å². The van der Waals surface area contributed by atoms with E-state index in [0.29, 0.717) is 17.9 Å². The van der Waals surface area contributed by atoms with E-state index < -0.39 is 0 Å². The van der Waals surface area contributed by atoms with E-state index in [-0.39, 0.29) is 24.2 Å². The summed E-state index contributed by atoms with van der Waals surface area (Å²) < 4.78 is 0. The number of aliphatic hydroxyl groups is 1. The van der Waals surface area contributed by atoms with Gasteiger partial charge in [-0.25, -0.2) is 9.97 Å². The second kappa shape index (κ2) is 6.36. The van der Waals surface area contributed by atoms with E-state index in [9.17, 15) is 9.90 Å². The van der Waals surface area contributed by atoms with Crippen LogP contribution < -0.4 is 10.2 Å². The molecule has 0 atom stereocenters. The summed E-state index contributed by atoms with van der Waals surface area (Å²) in [4.78, 5) is 20.9. The minimum Gasteiger partial charge on any atom is -0.391 e. The Labute approximate surface area is 105 Å². The SMILES string of the molecule is CCN(CC(=O)NC)c1ncnc(Cl)c1CO. The van der Waals surface area contributed by atoms with Gasteiger partial charge < -0.3 is 15.3 Å². The number of anilines is 1. The first-order valence-corrected chi connectivity index (χ1v) is 5.57. The Morgan fingerprint density at radius 1 is 1.59 bits per heavy atom. The molecule has 0 aliphatic carbocycles. The monoisotopic (exact) mass is 258 g/mol. The molecule has 0 bridgehead atoms. The molecule has 1 heterocycles. The molecule has 1 amide bonds. The number of hydrogen-bond donors (Lipinski definition) is 2. The summed E-state index contributed by atoms with van der Waals surface area (Å²) in [7, 11) is 1.57. The molecule has 7 heteroatoms. The zero-order valence-electron chi connectivity index (χ0n) is 9.77. The van der Waals surface area contributed by atoms with Crippen molar-refractivity contribution in [2.75, 3.05) is 25.0 Å². The fourth-order valence-corrected chi connectivity index (χ4v) is 1.57. The predicted molar refractivity (Wildman–Crippen MR) is 64.9 cm³/mol. The van der Waals surface area contributed by atoms with Gasteiger partial charge in [-0.15, -0.1) is 0 Å². The van der Waals surface area contributed by atoms with Crippen molar-refractivity contribution in [3.8, 4) is 0 Å². The number of aromatic nitrogens is 2. The Morgan fingerprint density at radius 2 is 2.29 bits per heavy atom. The van der Waals surface area contributed by atoms with Crippen LogP contribution in [0.25, 0.3) is 0 Å². The summed E-state index contributed by atoms with van der Waals surface area (Å²) in [6, 6.07) is 0. The van der Waals surface area contributed by atoms with Gasteiger partial charge in [0.15, 0.2) is 0 Å². The highest BCUT2D eigenvalue weighted by Gasteiger charge is 2.16. The summed E-state index contributed by atoms with van der Waals surface area (Å²) >= 11 is 5.86. The van der Waals surface area contributed by atoms with Gasteiger partial charge in [-0.05, 0) is 6.92 Å². The highest BCUT2D eigenvalue weighted by molar-refractivity contribution is 6.30. The van der Waals surface area contributed by atoms with Gasteiger partial charge in [0, 0.05) is 13.6 Å². The topological polar surface area (TPSA) is 78.4 Å². The Hall–Kier alpha value is -1.40. The Bertz CT molecular complexity index is 400. The van der Waals surface area contributed by atoms with Crippen LogP contribution in [0.15, 0.2) is 6.33 Å². The molecule has 0 saturated heterocycles. The van der Waals surface area contributed by atoms with Crippen molar-refractivity contribution >= 4 is 23.3 Å². The van der Waals surface area contributed by atoms with E-state index in [4.69, 9.17) is 11.6 Å². The fraction of sp³-hybridized carbons (Fsp3) is 0.500. The van der Waals surface area contributed by atoms with Crippen LogP contribution in [0.5, 0.6) is 0 Å². The number of carbonyl (C=O) groups is 1. The molecule has 2 N–H and O–H groups in total. The van der Waals surface area contributed by atoms with Gasteiger partial charge in [-0.2, -0.15) is 0 Å². The number of amides is 1. The molecule has 0 spiro atoms. The molecule has 0 unspecified atom stereocenters. The van der Waals surface area contributed by atoms with Gasteiger partial charge in [0.05, 0.1) is 18.7 Å². The Morgan fingerprint density at radius 3 is 2.82 bits per heavy atom. The van der Waals surface area contributed by atoms with Crippen molar-refractivity contribution in [2.24, 2.45) is 0 Å². The van der Waals surface area contributed by atoms with Crippen molar-refractivity contribution in [3.63, 3.8) is 0 Å². The highest BCUT2D eigenvalue weighted by Crippen LogP contribution is 2.22. The normalized spacial score (nSPS) is 10.1. The second-order valence-corrected chi connectivity index (χ2v) is 3.67. The van der Waals surface area contributed by atoms with Crippen molar-refractivity contribution in [1.82, 2.24) is 15.3 Å². The molecule has 0 aromatic carbocycles. The average Bonchev–Trinajstić information content (AvgIpc) is 2.35. The Balaban J connectivity index is 3.03. The lowest BCUT2D eigenvalue weighted by Crippen LogP contribution is -2.36. The molecule has 0 radical (unpaired) electrons. The quantitative estimate of drug-likeness (QED) is 0.738. The summed E-state index contributed by atoms with van der Waals surface area (Å²) in [5.74, 6) is 0.351. The van der Waals surface area contributed by atoms with Gasteiger partial charge >= 0.3 is 0 Å². The Kier molecular flexibility index (Phi) is 5.11. The number of halogens is 1. The summed E-state index contributed by atoms with van der Waals surface area (Å²) in [5, 5.41) is 12.0. The molecular weight excluding hydrogens is 244 g/mol. The average molecular weight is 259 g/mol. The lowest BCUT2D eigenvalue weighted by Gasteiger charge is -2.23. The van der Waals surface area contributed by atoms with Crippen LogP contribution in [0, 0.1) is 0 Å². The zero-order valence-corrected chi connectivity index (χ0v) is 10.5. The third-order valence-corrected chi connectivity index (χ3v) is 2.65. The van der Waals surface area contributed by atoms with E-state index in [1.165, 1.54) is 6.33 Å². The molecule has 0 fully saturated rings.